The van der Waals surface area contributed by atoms with Crippen LogP contribution in [0.15, 0.2) is 86.4 Å². The lowest BCUT2D eigenvalue weighted by molar-refractivity contribution is -0.117. The third-order valence-electron chi connectivity index (χ3n) is 4.93. The number of thioether (sulfide) groups is 1. The molecule has 0 bridgehead atoms. The van der Waals surface area contributed by atoms with Crippen LogP contribution < -0.4 is 10.2 Å². The van der Waals surface area contributed by atoms with Crippen LogP contribution in [0.2, 0.25) is 0 Å². The number of nitrogens with one attached hydrogen (secondary N) is 1. The Morgan fingerprint density at radius 1 is 1.18 bits per heavy atom. The number of carbonyl (C=O) groups excluding carboxylic acids is 2. The number of anilines is 1. The first kappa shape index (κ1) is 22.8. The summed E-state index contributed by atoms with van der Waals surface area (Å²) in [5, 5.41) is 12.1. The fraction of sp³-hybridized carbons (Fsp3) is 0.125. The maximum Gasteiger partial charge on any atom is 0.265 e. The van der Waals surface area contributed by atoms with Gasteiger partial charge in [0.25, 0.3) is 5.91 Å². The number of nitriles is 1. The van der Waals surface area contributed by atoms with Crippen molar-refractivity contribution in [3.05, 3.63) is 99.1 Å². The molecule has 0 unspecified atom stereocenters. The molecule has 0 saturated carbocycles. The van der Waals surface area contributed by atoms with Crippen molar-refractivity contribution in [3.8, 4) is 6.07 Å². The number of halogens is 2. The van der Waals surface area contributed by atoms with E-state index >= 15 is 0 Å². The van der Waals surface area contributed by atoms with Gasteiger partial charge in [-0.25, -0.2) is 4.39 Å². The van der Waals surface area contributed by atoms with E-state index in [9.17, 15) is 19.2 Å². The Hall–Kier alpha value is -3.35. The quantitative estimate of drug-likeness (QED) is 0.364. The Bertz CT molecular complexity index is 1240. The highest BCUT2D eigenvalue weighted by Crippen LogP contribution is 2.42. The molecule has 6 nitrogen and oxygen atoms in total. The van der Waals surface area contributed by atoms with E-state index in [2.05, 4.69) is 21.2 Å². The highest BCUT2D eigenvalue weighted by Gasteiger charge is 2.40. The van der Waals surface area contributed by atoms with Crippen molar-refractivity contribution in [1.29, 1.82) is 5.26 Å². The van der Waals surface area contributed by atoms with Gasteiger partial charge in [-0.3, -0.25) is 14.5 Å². The molecule has 0 aliphatic carbocycles. The first-order chi connectivity index (χ1) is 16.0. The predicted molar refractivity (Wildman–Crippen MR) is 126 cm³/mol. The van der Waals surface area contributed by atoms with Crippen molar-refractivity contribution in [2.75, 3.05) is 4.90 Å². The summed E-state index contributed by atoms with van der Waals surface area (Å²) in [7, 11) is 0. The molecule has 166 valence electrons. The molecule has 33 heavy (non-hydrogen) atoms. The number of amides is 2. The van der Waals surface area contributed by atoms with Gasteiger partial charge in [0, 0.05) is 10.2 Å². The third kappa shape index (κ3) is 5.18. The van der Waals surface area contributed by atoms with Crippen molar-refractivity contribution < 1.29 is 18.4 Å². The number of rotatable bonds is 6. The first-order valence-electron chi connectivity index (χ1n) is 9.92. The minimum atomic E-state index is -0.624. The van der Waals surface area contributed by atoms with Crippen LogP contribution in [0, 0.1) is 17.1 Å². The van der Waals surface area contributed by atoms with E-state index in [1.807, 2.05) is 30.3 Å². The van der Waals surface area contributed by atoms with Gasteiger partial charge in [-0.1, -0.05) is 39.8 Å². The molecular formula is C24H17BrFN3O3S. The highest BCUT2D eigenvalue weighted by molar-refractivity contribution is 9.10. The monoisotopic (exact) mass is 525 g/mol. The zero-order valence-electron chi connectivity index (χ0n) is 17.1. The lowest BCUT2D eigenvalue weighted by Gasteiger charge is -2.18. The number of hydrogen-bond donors (Lipinski definition) is 1. The van der Waals surface area contributed by atoms with Crippen molar-refractivity contribution in [3.63, 3.8) is 0 Å². The Balaban J connectivity index is 1.67. The van der Waals surface area contributed by atoms with Crippen LogP contribution in [0.4, 0.5) is 10.1 Å². The van der Waals surface area contributed by atoms with Crippen LogP contribution in [0.25, 0.3) is 0 Å². The summed E-state index contributed by atoms with van der Waals surface area (Å²) in [4.78, 5) is 27.5. The fourth-order valence-electron chi connectivity index (χ4n) is 3.32. The van der Waals surface area contributed by atoms with E-state index in [0.717, 1.165) is 21.8 Å². The average molecular weight is 526 g/mol. The summed E-state index contributed by atoms with van der Waals surface area (Å²) in [6.45, 7) is 0.0990. The summed E-state index contributed by atoms with van der Waals surface area (Å²) in [6, 6.07) is 18.3. The number of hydrogen-bond acceptors (Lipinski definition) is 5. The number of nitrogens with zero attached hydrogens (tertiary/aromatic N) is 2. The van der Waals surface area contributed by atoms with Crippen molar-refractivity contribution in [2.24, 2.45) is 0 Å². The van der Waals surface area contributed by atoms with E-state index in [1.165, 1.54) is 35.4 Å². The minimum absolute atomic E-state index is 0.0990. The maximum absolute atomic E-state index is 13.5. The molecule has 1 saturated heterocycles. The molecule has 2 amide bonds. The maximum atomic E-state index is 13.5. The second kappa shape index (κ2) is 10.1. The Kier molecular flexibility index (Phi) is 6.96. The predicted octanol–water partition coefficient (Wildman–Crippen LogP) is 4.92. The largest absolute Gasteiger partial charge is 0.467 e. The first-order valence-corrected chi connectivity index (χ1v) is 11.6. The molecule has 2 aromatic carbocycles. The van der Waals surface area contributed by atoms with E-state index in [1.54, 1.807) is 12.1 Å². The van der Waals surface area contributed by atoms with Crippen LogP contribution in [-0.2, 0) is 22.6 Å². The van der Waals surface area contributed by atoms with Gasteiger partial charge >= 0.3 is 0 Å². The summed E-state index contributed by atoms with van der Waals surface area (Å²) in [6.07, 6.45) is 1.89. The smallest absolute Gasteiger partial charge is 0.265 e. The zero-order valence-corrected chi connectivity index (χ0v) is 19.5. The average Bonchev–Trinajstić information content (AvgIpc) is 3.44. The molecule has 3 aromatic rings. The lowest BCUT2D eigenvalue weighted by atomic mass is 10.1. The number of benzene rings is 2. The van der Waals surface area contributed by atoms with Crippen molar-refractivity contribution in [1.82, 2.24) is 5.32 Å². The van der Waals surface area contributed by atoms with Gasteiger partial charge in [-0.2, -0.15) is 5.26 Å². The van der Waals surface area contributed by atoms with E-state index in [0.29, 0.717) is 17.9 Å². The topological polar surface area (TPSA) is 86.3 Å². The molecular weight excluding hydrogens is 509 g/mol. The molecule has 1 aliphatic rings. The van der Waals surface area contributed by atoms with E-state index in [-0.39, 0.29) is 23.1 Å². The summed E-state index contributed by atoms with van der Waals surface area (Å²) < 4.78 is 19.6. The fourth-order valence-corrected chi connectivity index (χ4v) is 4.89. The Morgan fingerprint density at radius 3 is 2.55 bits per heavy atom. The SMILES string of the molecule is N#C/C(C(=O)NCc1ccco1)=C1/S[C@H](Cc2ccc(Br)cc2)C(=O)N1c1ccc(F)cc1. The number of carbonyl (C=O) groups is 2. The van der Waals surface area contributed by atoms with E-state index < -0.39 is 17.0 Å². The van der Waals surface area contributed by atoms with E-state index in [4.69, 9.17) is 4.42 Å². The van der Waals surface area contributed by atoms with Gasteiger partial charge < -0.3 is 9.73 Å². The van der Waals surface area contributed by atoms with Crippen LogP contribution in [0.5, 0.6) is 0 Å². The van der Waals surface area contributed by atoms with Crippen molar-refractivity contribution >= 4 is 45.2 Å². The third-order valence-corrected chi connectivity index (χ3v) is 6.72. The van der Waals surface area contributed by atoms with Gasteiger partial charge in [-0.15, -0.1) is 0 Å². The molecule has 9 heteroatoms. The molecule has 1 atom stereocenters. The number of furan rings is 1. The molecule has 1 N–H and O–H groups in total. The van der Waals surface area contributed by atoms with Gasteiger partial charge in [0.2, 0.25) is 5.91 Å². The highest BCUT2D eigenvalue weighted by atomic mass is 79.9. The normalized spacial score (nSPS) is 17.1. The second-order valence-electron chi connectivity index (χ2n) is 7.14. The summed E-state index contributed by atoms with van der Waals surface area (Å²) in [5.74, 6) is -0.826. The standard InChI is InChI=1S/C24H17BrFN3O3S/c25-16-5-3-15(4-6-16)12-21-23(31)29(18-9-7-17(26)8-10-18)24(33-21)20(13-27)22(30)28-14-19-2-1-11-32-19/h1-11,21H,12,14H2,(H,28,30)/b24-20-/t21-/m1/s1. The van der Waals surface area contributed by atoms with Crippen molar-refractivity contribution in [2.45, 2.75) is 18.2 Å². The van der Waals surface area contributed by atoms with Gasteiger partial charge in [0.05, 0.1) is 18.1 Å². The van der Waals surface area contributed by atoms with Gasteiger partial charge in [-0.05, 0) is 60.5 Å². The second-order valence-corrected chi connectivity index (χ2v) is 9.25. The van der Waals surface area contributed by atoms with Crippen LogP contribution in [0.1, 0.15) is 11.3 Å². The van der Waals surface area contributed by atoms with Crippen LogP contribution >= 0.6 is 27.7 Å². The summed E-state index contributed by atoms with van der Waals surface area (Å²) in [5.41, 5.74) is 1.13. The molecule has 0 spiro atoms. The molecule has 1 aliphatic heterocycles. The zero-order chi connectivity index (χ0) is 23.4. The lowest BCUT2D eigenvalue weighted by Crippen LogP contribution is -2.32. The van der Waals surface area contributed by atoms with Crippen LogP contribution in [-0.4, -0.2) is 17.1 Å². The molecule has 0 radical (unpaired) electrons. The molecule has 1 fully saturated rings. The minimum Gasteiger partial charge on any atom is -0.467 e. The van der Waals surface area contributed by atoms with Gasteiger partial charge in [0.1, 0.15) is 28.2 Å². The Morgan fingerprint density at radius 2 is 1.91 bits per heavy atom. The molecule has 2 heterocycles. The molecule has 1 aromatic heterocycles. The van der Waals surface area contributed by atoms with Gasteiger partial charge in [0.15, 0.2) is 0 Å². The molecule has 4 rings (SSSR count). The summed E-state index contributed by atoms with van der Waals surface area (Å²) >= 11 is 4.55. The van der Waals surface area contributed by atoms with Crippen LogP contribution in [0.3, 0.4) is 0 Å². The Labute approximate surface area is 202 Å².